The van der Waals surface area contributed by atoms with Crippen molar-refractivity contribution in [1.82, 2.24) is 4.90 Å². The lowest BCUT2D eigenvalue weighted by Gasteiger charge is -2.18. The molecule has 122 valence electrons. The van der Waals surface area contributed by atoms with Gasteiger partial charge in [0.2, 0.25) is 0 Å². The lowest BCUT2D eigenvalue weighted by atomic mass is 10.0. The number of hydrogen-bond acceptors (Lipinski definition) is 3. The van der Waals surface area contributed by atoms with Gasteiger partial charge in [0.25, 0.3) is 0 Å². The van der Waals surface area contributed by atoms with Crippen molar-refractivity contribution in [3.05, 3.63) is 54.1 Å². The van der Waals surface area contributed by atoms with Crippen LogP contribution in [0.5, 0.6) is 5.75 Å². The van der Waals surface area contributed by atoms with E-state index in [1.165, 1.54) is 25.9 Å². The van der Waals surface area contributed by atoms with Crippen molar-refractivity contribution < 1.29 is 9.84 Å². The number of hydrogen-bond donors (Lipinski definition) is 1. The Labute approximate surface area is 138 Å². The van der Waals surface area contributed by atoms with Gasteiger partial charge in [-0.05, 0) is 61.2 Å². The van der Waals surface area contributed by atoms with E-state index in [0.717, 1.165) is 35.4 Å². The molecule has 0 amide bonds. The van der Waals surface area contributed by atoms with Crippen LogP contribution in [0.3, 0.4) is 0 Å². The van der Waals surface area contributed by atoms with E-state index in [1.807, 2.05) is 24.3 Å². The molecule has 1 N–H and O–H groups in total. The van der Waals surface area contributed by atoms with Gasteiger partial charge in [0.1, 0.15) is 5.75 Å². The molecule has 2 aromatic rings. The Balaban J connectivity index is 1.61. The first-order valence-electron chi connectivity index (χ1n) is 8.41. The van der Waals surface area contributed by atoms with Crippen LogP contribution in [0.4, 0.5) is 0 Å². The Morgan fingerprint density at radius 3 is 2.09 bits per heavy atom. The molecule has 1 unspecified atom stereocenters. The summed E-state index contributed by atoms with van der Waals surface area (Å²) in [6.45, 7) is 3.35. The number of rotatable bonds is 6. The van der Waals surface area contributed by atoms with E-state index < -0.39 is 0 Å². The predicted octanol–water partition coefficient (Wildman–Crippen LogP) is 3.88. The van der Waals surface area contributed by atoms with Crippen molar-refractivity contribution in [3.8, 4) is 16.9 Å². The van der Waals surface area contributed by atoms with E-state index >= 15 is 0 Å². The molecular formula is C20H25NO2. The van der Waals surface area contributed by atoms with E-state index in [9.17, 15) is 5.11 Å². The highest BCUT2D eigenvalue weighted by atomic mass is 16.5. The standard InChI is InChI=1S/C20H25NO2/c1-23-19-10-8-17(9-11-19)16-4-6-18(7-5-16)20(22)12-15-21-13-2-3-14-21/h4-11,20,22H,2-3,12-15H2,1H3. The zero-order valence-electron chi connectivity index (χ0n) is 13.7. The van der Waals surface area contributed by atoms with Crippen LogP contribution in [-0.4, -0.2) is 36.8 Å². The summed E-state index contributed by atoms with van der Waals surface area (Å²) in [5, 5.41) is 10.4. The van der Waals surface area contributed by atoms with Gasteiger partial charge in [0, 0.05) is 6.54 Å². The van der Waals surface area contributed by atoms with Gasteiger partial charge >= 0.3 is 0 Å². The molecule has 0 aromatic heterocycles. The molecule has 0 bridgehead atoms. The molecule has 1 aliphatic rings. The predicted molar refractivity (Wildman–Crippen MR) is 93.7 cm³/mol. The van der Waals surface area contributed by atoms with E-state index in [4.69, 9.17) is 4.74 Å². The fourth-order valence-corrected chi connectivity index (χ4v) is 3.16. The highest BCUT2D eigenvalue weighted by Gasteiger charge is 2.14. The van der Waals surface area contributed by atoms with E-state index in [0.29, 0.717) is 0 Å². The van der Waals surface area contributed by atoms with Gasteiger partial charge in [0.05, 0.1) is 13.2 Å². The van der Waals surface area contributed by atoms with Gasteiger partial charge in [-0.3, -0.25) is 0 Å². The number of likely N-dealkylation sites (tertiary alicyclic amines) is 1. The molecule has 0 aliphatic carbocycles. The summed E-state index contributed by atoms with van der Waals surface area (Å²) in [6.07, 6.45) is 3.03. The van der Waals surface area contributed by atoms with Gasteiger partial charge in [-0.25, -0.2) is 0 Å². The van der Waals surface area contributed by atoms with E-state index in [2.05, 4.69) is 29.2 Å². The Morgan fingerprint density at radius 1 is 0.957 bits per heavy atom. The second-order valence-electron chi connectivity index (χ2n) is 6.20. The number of ether oxygens (including phenoxy) is 1. The molecule has 1 atom stereocenters. The van der Waals surface area contributed by atoms with Crippen molar-refractivity contribution in [2.24, 2.45) is 0 Å². The van der Waals surface area contributed by atoms with E-state index in [-0.39, 0.29) is 6.10 Å². The molecule has 1 saturated heterocycles. The van der Waals surface area contributed by atoms with Crippen LogP contribution < -0.4 is 4.74 Å². The largest absolute Gasteiger partial charge is 0.497 e. The zero-order chi connectivity index (χ0) is 16.1. The molecule has 1 fully saturated rings. The summed E-state index contributed by atoms with van der Waals surface area (Å²) >= 11 is 0. The third-order valence-corrected chi connectivity index (χ3v) is 4.64. The van der Waals surface area contributed by atoms with Gasteiger partial charge < -0.3 is 14.7 Å². The first-order valence-corrected chi connectivity index (χ1v) is 8.41. The maximum absolute atomic E-state index is 10.4. The highest BCUT2D eigenvalue weighted by molar-refractivity contribution is 5.64. The summed E-state index contributed by atoms with van der Waals surface area (Å²) in [6, 6.07) is 16.3. The zero-order valence-corrected chi connectivity index (χ0v) is 13.7. The SMILES string of the molecule is COc1ccc(-c2ccc(C(O)CCN3CCCC3)cc2)cc1. The molecule has 3 nitrogen and oxygen atoms in total. The van der Waals surface area contributed by atoms with Crippen molar-refractivity contribution >= 4 is 0 Å². The number of methoxy groups -OCH3 is 1. The molecule has 3 rings (SSSR count). The van der Waals surface area contributed by atoms with Crippen LogP contribution in [0, 0.1) is 0 Å². The maximum Gasteiger partial charge on any atom is 0.118 e. The van der Waals surface area contributed by atoms with Crippen molar-refractivity contribution in [1.29, 1.82) is 0 Å². The lowest BCUT2D eigenvalue weighted by molar-refractivity contribution is 0.149. The van der Waals surface area contributed by atoms with Crippen LogP contribution in [0.25, 0.3) is 11.1 Å². The molecule has 0 spiro atoms. The fourth-order valence-electron chi connectivity index (χ4n) is 3.16. The molecule has 1 heterocycles. The molecule has 0 radical (unpaired) electrons. The summed E-state index contributed by atoms with van der Waals surface area (Å²) in [5.74, 6) is 0.864. The van der Waals surface area contributed by atoms with Crippen molar-refractivity contribution in [3.63, 3.8) is 0 Å². The first kappa shape index (κ1) is 16.0. The summed E-state index contributed by atoms with van der Waals surface area (Å²) in [7, 11) is 1.67. The minimum atomic E-state index is -0.375. The summed E-state index contributed by atoms with van der Waals surface area (Å²) in [4.78, 5) is 2.44. The van der Waals surface area contributed by atoms with Crippen LogP contribution >= 0.6 is 0 Å². The van der Waals surface area contributed by atoms with Crippen LogP contribution in [0.15, 0.2) is 48.5 Å². The lowest BCUT2D eigenvalue weighted by Crippen LogP contribution is -2.22. The van der Waals surface area contributed by atoms with E-state index in [1.54, 1.807) is 7.11 Å². The van der Waals surface area contributed by atoms with Crippen molar-refractivity contribution in [2.75, 3.05) is 26.7 Å². The van der Waals surface area contributed by atoms with Gasteiger partial charge in [0.15, 0.2) is 0 Å². The molecule has 2 aromatic carbocycles. The van der Waals surface area contributed by atoms with Crippen molar-refractivity contribution in [2.45, 2.75) is 25.4 Å². The molecule has 3 heteroatoms. The second-order valence-corrected chi connectivity index (χ2v) is 6.20. The Kier molecular flexibility index (Phi) is 5.31. The number of aliphatic hydroxyl groups is 1. The number of benzene rings is 2. The Bertz CT molecular complexity index is 601. The quantitative estimate of drug-likeness (QED) is 0.878. The smallest absolute Gasteiger partial charge is 0.118 e. The second kappa shape index (κ2) is 7.62. The fraction of sp³-hybridized carbons (Fsp3) is 0.400. The average molecular weight is 311 g/mol. The average Bonchev–Trinajstić information content (AvgIpc) is 3.13. The van der Waals surface area contributed by atoms with Crippen LogP contribution in [0.1, 0.15) is 30.9 Å². The normalized spacial score (nSPS) is 16.4. The first-order chi connectivity index (χ1) is 11.3. The molecule has 0 saturated carbocycles. The Morgan fingerprint density at radius 2 is 1.52 bits per heavy atom. The maximum atomic E-state index is 10.4. The topological polar surface area (TPSA) is 32.7 Å². The Hall–Kier alpha value is -1.84. The molecular weight excluding hydrogens is 286 g/mol. The molecule has 23 heavy (non-hydrogen) atoms. The summed E-state index contributed by atoms with van der Waals surface area (Å²) < 4.78 is 5.19. The third kappa shape index (κ3) is 4.12. The highest BCUT2D eigenvalue weighted by Crippen LogP contribution is 2.25. The van der Waals surface area contributed by atoms with Gasteiger partial charge in [-0.2, -0.15) is 0 Å². The van der Waals surface area contributed by atoms with Crippen LogP contribution in [-0.2, 0) is 0 Å². The summed E-state index contributed by atoms with van der Waals surface area (Å²) in [5.41, 5.74) is 3.31. The minimum absolute atomic E-state index is 0.375. The minimum Gasteiger partial charge on any atom is -0.497 e. The molecule has 1 aliphatic heterocycles. The van der Waals surface area contributed by atoms with Gasteiger partial charge in [-0.15, -0.1) is 0 Å². The van der Waals surface area contributed by atoms with Gasteiger partial charge in [-0.1, -0.05) is 36.4 Å². The van der Waals surface area contributed by atoms with Crippen LogP contribution in [0.2, 0.25) is 0 Å². The number of aliphatic hydroxyl groups excluding tert-OH is 1. The monoisotopic (exact) mass is 311 g/mol. The third-order valence-electron chi connectivity index (χ3n) is 4.64. The number of nitrogens with zero attached hydrogens (tertiary/aromatic N) is 1.